The molecule has 0 aromatic heterocycles. The Morgan fingerprint density at radius 3 is 2.47 bits per heavy atom. The molecule has 1 saturated heterocycles. The molecule has 4 nitrogen and oxygen atoms in total. The van der Waals surface area contributed by atoms with Gasteiger partial charge in [0.2, 0.25) is 5.91 Å². The lowest BCUT2D eigenvalue weighted by atomic mass is 9.85. The summed E-state index contributed by atoms with van der Waals surface area (Å²) in [6.45, 7) is 2.42. The molecule has 1 aliphatic heterocycles. The number of amides is 1. The molecule has 19 heavy (non-hydrogen) atoms. The van der Waals surface area contributed by atoms with Crippen LogP contribution >= 0.6 is 0 Å². The molecule has 2 rings (SSSR count). The summed E-state index contributed by atoms with van der Waals surface area (Å²) in [4.78, 5) is 12.0. The molecule has 1 amide bonds. The zero-order valence-corrected chi connectivity index (χ0v) is 11.9. The summed E-state index contributed by atoms with van der Waals surface area (Å²) in [5.74, 6) is 1.27. The second-order valence-electron chi connectivity index (χ2n) is 6.15. The minimum absolute atomic E-state index is 0.0389. The number of carbonyl (C=O) groups is 1. The summed E-state index contributed by atoms with van der Waals surface area (Å²) in [6, 6.07) is -0.317. The Hall–Kier alpha value is -0.610. The largest absolute Gasteiger partial charge is 0.381 e. The van der Waals surface area contributed by atoms with Crippen LogP contribution < -0.4 is 11.1 Å². The fourth-order valence-corrected chi connectivity index (χ4v) is 3.22. The molecular formula is C15H28N2O2. The first-order chi connectivity index (χ1) is 9.25. The quantitative estimate of drug-likeness (QED) is 0.799. The summed E-state index contributed by atoms with van der Waals surface area (Å²) in [5.41, 5.74) is 6.03. The summed E-state index contributed by atoms with van der Waals surface area (Å²) in [5, 5.41) is 3.02. The Morgan fingerprint density at radius 1 is 1.11 bits per heavy atom. The maximum atomic E-state index is 12.0. The lowest BCUT2D eigenvalue weighted by Gasteiger charge is -2.25. The molecule has 1 heterocycles. The first kappa shape index (κ1) is 14.8. The Bertz CT molecular complexity index is 271. The molecule has 2 fully saturated rings. The van der Waals surface area contributed by atoms with E-state index in [1.807, 2.05) is 0 Å². The highest BCUT2D eigenvalue weighted by atomic mass is 16.5. The van der Waals surface area contributed by atoms with E-state index in [1.54, 1.807) is 0 Å². The van der Waals surface area contributed by atoms with Crippen molar-refractivity contribution in [1.82, 2.24) is 5.32 Å². The molecule has 3 N–H and O–H groups in total. The van der Waals surface area contributed by atoms with E-state index in [0.29, 0.717) is 11.8 Å². The molecule has 1 saturated carbocycles. The van der Waals surface area contributed by atoms with Gasteiger partial charge in [-0.1, -0.05) is 32.1 Å². The zero-order valence-electron chi connectivity index (χ0n) is 11.9. The van der Waals surface area contributed by atoms with Crippen molar-refractivity contribution in [2.75, 3.05) is 19.8 Å². The highest BCUT2D eigenvalue weighted by Crippen LogP contribution is 2.27. The van der Waals surface area contributed by atoms with Gasteiger partial charge in [-0.3, -0.25) is 4.79 Å². The van der Waals surface area contributed by atoms with Gasteiger partial charge in [-0.05, 0) is 31.1 Å². The van der Waals surface area contributed by atoms with Gasteiger partial charge in [-0.25, -0.2) is 0 Å². The first-order valence-corrected chi connectivity index (χ1v) is 7.86. The molecule has 0 radical (unpaired) electrons. The van der Waals surface area contributed by atoms with Crippen molar-refractivity contribution >= 4 is 5.91 Å². The predicted molar refractivity (Wildman–Crippen MR) is 75.7 cm³/mol. The number of carbonyl (C=O) groups excluding carboxylic acids is 1. The van der Waals surface area contributed by atoms with Crippen molar-refractivity contribution < 1.29 is 9.53 Å². The Labute approximate surface area is 116 Å². The normalized spacial score (nSPS) is 24.1. The molecule has 2 aliphatic rings. The van der Waals surface area contributed by atoms with E-state index >= 15 is 0 Å². The fourth-order valence-electron chi connectivity index (χ4n) is 3.22. The van der Waals surface area contributed by atoms with E-state index in [-0.39, 0.29) is 11.9 Å². The summed E-state index contributed by atoms with van der Waals surface area (Å²) < 4.78 is 5.32. The summed E-state index contributed by atoms with van der Waals surface area (Å²) >= 11 is 0. The number of ether oxygens (including phenoxy) is 1. The van der Waals surface area contributed by atoms with Crippen molar-refractivity contribution in [2.45, 2.75) is 57.4 Å². The van der Waals surface area contributed by atoms with Crippen LogP contribution in [-0.4, -0.2) is 31.7 Å². The van der Waals surface area contributed by atoms with Gasteiger partial charge in [0.25, 0.3) is 0 Å². The van der Waals surface area contributed by atoms with Gasteiger partial charge in [-0.15, -0.1) is 0 Å². The highest BCUT2D eigenvalue weighted by Gasteiger charge is 2.22. The standard InChI is InChI=1S/C15H28N2O2/c16-14(10-12-4-2-1-3-5-12)15(18)17-11-13-6-8-19-9-7-13/h12-14H,1-11,16H2,(H,17,18). The molecule has 0 aromatic rings. The van der Waals surface area contributed by atoms with E-state index < -0.39 is 0 Å². The predicted octanol–water partition coefficient (Wildman–Crippen LogP) is 1.83. The zero-order chi connectivity index (χ0) is 13.5. The van der Waals surface area contributed by atoms with E-state index in [9.17, 15) is 4.79 Å². The van der Waals surface area contributed by atoms with Gasteiger partial charge < -0.3 is 15.8 Å². The minimum atomic E-state index is -0.317. The van der Waals surface area contributed by atoms with Gasteiger partial charge >= 0.3 is 0 Å². The molecule has 1 aliphatic carbocycles. The van der Waals surface area contributed by atoms with Crippen molar-refractivity contribution in [2.24, 2.45) is 17.6 Å². The second kappa shape index (κ2) is 7.85. The van der Waals surface area contributed by atoms with Gasteiger partial charge in [0.1, 0.15) is 0 Å². The number of hydrogen-bond donors (Lipinski definition) is 2. The molecule has 4 heteroatoms. The average Bonchev–Trinajstić information content (AvgIpc) is 2.47. The maximum Gasteiger partial charge on any atom is 0.236 e. The third-order valence-corrected chi connectivity index (χ3v) is 4.55. The number of nitrogens with two attached hydrogens (primary N) is 1. The molecule has 1 atom stereocenters. The molecule has 0 aromatic carbocycles. The van der Waals surface area contributed by atoms with Gasteiger partial charge in [-0.2, -0.15) is 0 Å². The lowest BCUT2D eigenvalue weighted by Crippen LogP contribution is -2.44. The Balaban J connectivity index is 1.63. The van der Waals surface area contributed by atoms with Gasteiger partial charge in [0.05, 0.1) is 6.04 Å². The van der Waals surface area contributed by atoms with Crippen LogP contribution in [0.1, 0.15) is 51.4 Å². The van der Waals surface area contributed by atoms with Crippen LogP contribution in [0.4, 0.5) is 0 Å². The van der Waals surface area contributed by atoms with Crippen LogP contribution in [0.3, 0.4) is 0 Å². The smallest absolute Gasteiger partial charge is 0.236 e. The topological polar surface area (TPSA) is 64.4 Å². The lowest BCUT2D eigenvalue weighted by molar-refractivity contribution is -0.123. The molecular weight excluding hydrogens is 240 g/mol. The van der Waals surface area contributed by atoms with E-state index in [0.717, 1.165) is 39.0 Å². The molecule has 0 bridgehead atoms. The van der Waals surface area contributed by atoms with Crippen LogP contribution in [0.15, 0.2) is 0 Å². The highest BCUT2D eigenvalue weighted by molar-refractivity contribution is 5.81. The van der Waals surface area contributed by atoms with Crippen molar-refractivity contribution in [3.05, 3.63) is 0 Å². The second-order valence-corrected chi connectivity index (χ2v) is 6.15. The minimum Gasteiger partial charge on any atom is -0.381 e. The molecule has 110 valence electrons. The van der Waals surface area contributed by atoms with Gasteiger partial charge in [0, 0.05) is 19.8 Å². The number of nitrogens with one attached hydrogen (secondary N) is 1. The van der Waals surface area contributed by atoms with Crippen LogP contribution in [0.5, 0.6) is 0 Å². The van der Waals surface area contributed by atoms with E-state index in [2.05, 4.69) is 5.32 Å². The van der Waals surface area contributed by atoms with Crippen LogP contribution in [0, 0.1) is 11.8 Å². The third kappa shape index (κ3) is 5.11. The van der Waals surface area contributed by atoms with Crippen LogP contribution in [0.2, 0.25) is 0 Å². The monoisotopic (exact) mass is 268 g/mol. The fraction of sp³-hybridized carbons (Fsp3) is 0.933. The SMILES string of the molecule is NC(CC1CCCCC1)C(=O)NCC1CCOCC1. The molecule has 0 spiro atoms. The van der Waals surface area contributed by atoms with E-state index in [1.165, 1.54) is 32.1 Å². The Kier molecular flexibility index (Phi) is 6.11. The van der Waals surface area contributed by atoms with Crippen LogP contribution in [-0.2, 0) is 9.53 Å². The van der Waals surface area contributed by atoms with Crippen molar-refractivity contribution in [1.29, 1.82) is 0 Å². The number of rotatable bonds is 5. The Morgan fingerprint density at radius 2 is 1.79 bits per heavy atom. The van der Waals surface area contributed by atoms with E-state index in [4.69, 9.17) is 10.5 Å². The van der Waals surface area contributed by atoms with Crippen LogP contribution in [0.25, 0.3) is 0 Å². The van der Waals surface area contributed by atoms with Crippen molar-refractivity contribution in [3.63, 3.8) is 0 Å². The molecule has 1 unspecified atom stereocenters. The summed E-state index contributed by atoms with van der Waals surface area (Å²) in [6.07, 6.45) is 9.43. The average molecular weight is 268 g/mol. The third-order valence-electron chi connectivity index (χ3n) is 4.55. The first-order valence-electron chi connectivity index (χ1n) is 7.86. The number of hydrogen-bond acceptors (Lipinski definition) is 3. The van der Waals surface area contributed by atoms with Gasteiger partial charge in [0.15, 0.2) is 0 Å². The summed E-state index contributed by atoms with van der Waals surface area (Å²) in [7, 11) is 0. The van der Waals surface area contributed by atoms with Crippen molar-refractivity contribution in [3.8, 4) is 0 Å². The maximum absolute atomic E-state index is 12.0.